The number of rotatable bonds is 2. The summed E-state index contributed by atoms with van der Waals surface area (Å²) in [6, 6.07) is 0.356. The molecule has 0 spiro atoms. The maximum absolute atomic E-state index is 12.5. The van der Waals surface area contributed by atoms with E-state index in [-0.39, 0.29) is 5.91 Å². The molecule has 1 aliphatic heterocycles. The Bertz CT molecular complexity index is 323. The molecule has 2 rings (SSSR count). The van der Waals surface area contributed by atoms with E-state index >= 15 is 0 Å². The highest BCUT2D eigenvalue weighted by Gasteiger charge is 2.53. The van der Waals surface area contributed by atoms with Crippen LogP contribution in [0.3, 0.4) is 0 Å². The summed E-state index contributed by atoms with van der Waals surface area (Å²) in [4.78, 5) is 14.9. The Labute approximate surface area is 102 Å². The molecule has 90 valence electrons. The van der Waals surface area contributed by atoms with Crippen molar-refractivity contribution in [2.75, 3.05) is 6.54 Å². The van der Waals surface area contributed by atoms with Gasteiger partial charge in [-0.05, 0) is 38.5 Å². The van der Waals surface area contributed by atoms with Gasteiger partial charge in [-0.25, -0.2) is 0 Å². The van der Waals surface area contributed by atoms with Gasteiger partial charge < -0.3 is 10.6 Å². The van der Waals surface area contributed by atoms with Gasteiger partial charge in [-0.15, -0.1) is 0 Å². The zero-order valence-corrected chi connectivity index (χ0v) is 10.8. The first kappa shape index (κ1) is 11.8. The fourth-order valence-electron chi connectivity index (χ4n) is 3.12. The molecule has 1 amide bonds. The van der Waals surface area contributed by atoms with E-state index in [2.05, 4.69) is 13.8 Å². The highest BCUT2D eigenvalue weighted by Crippen LogP contribution is 2.47. The smallest absolute Gasteiger partial charge is 0.235 e. The molecule has 0 aromatic carbocycles. The lowest BCUT2D eigenvalue weighted by molar-refractivity contribution is -0.144. The predicted molar refractivity (Wildman–Crippen MR) is 68.0 cm³/mol. The van der Waals surface area contributed by atoms with Crippen molar-refractivity contribution in [1.29, 1.82) is 0 Å². The van der Waals surface area contributed by atoms with Crippen LogP contribution in [0.15, 0.2) is 0 Å². The molecule has 2 N–H and O–H groups in total. The quantitative estimate of drug-likeness (QED) is 0.747. The number of amides is 1. The van der Waals surface area contributed by atoms with Crippen molar-refractivity contribution < 1.29 is 4.79 Å². The van der Waals surface area contributed by atoms with E-state index in [9.17, 15) is 4.79 Å². The van der Waals surface area contributed by atoms with Crippen LogP contribution in [0.25, 0.3) is 0 Å². The number of carbonyl (C=O) groups excluding carboxylic acids is 1. The zero-order chi connectivity index (χ0) is 11.9. The lowest BCUT2D eigenvalue weighted by atomic mass is 9.61. The van der Waals surface area contributed by atoms with E-state index in [0.29, 0.717) is 16.9 Å². The van der Waals surface area contributed by atoms with E-state index in [1.54, 1.807) is 0 Å². The van der Waals surface area contributed by atoms with Crippen molar-refractivity contribution in [3.05, 3.63) is 0 Å². The summed E-state index contributed by atoms with van der Waals surface area (Å²) in [6.45, 7) is 5.14. The zero-order valence-electron chi connectivity index (χ0n) is 10.0. The molecule has 1 atom stereocenters. The first-order valence-electron chi connectivity index (χ1n) is 6.08. The van der Waals surface area contributed by atoms with Crippen molar-refractivity contribution in [3.8, 4) is 0 Å². The van der Waals surface area contributed by atoms with Crippen LogP contribution >= 0.6 is 12.2 Å². The standard InChI is InChI=1S/C12H20N2OS/c1-8-6-12(7-8,10(13)16)11(15)14-5-3-4-9(14)2/h8-9H,3-7H2,1-2H3,(H2,13,16). The van der Waals surface area contributed by atoms with E-state index in [1.165, 1.54) is 0 Å². The third-order valence-electron chi connectivity index (χ3n) is 4.09. The molecule has 1 heterocycles. The summed E-state index contributed by atoms with van der Waals surface area (Å²) >= 11 is 5.11. The summed E-state index contributed by atoms with van der Waals surface area (Å²) in [5.41, 5.74) is 5.29. The van der Waals surface area contributed by atoms with E-state index in [1.807, 2.05) is 4.90 Å². The topological polar surface area (TPSA) is 46.3 Å². The molecule has 0 bridgehead atoms. The second kappa shape index (κ2) is 3.99. The minimum atomic E-state index is -0.507. The van der Waals surface area contributed by atoms with Crippen molar-refractivity contribution in [2.45, 2.75) is 45.6 Å². The van der Waals surface area contributed by atoms with Gasteiger partial charge in [0.25, 0.3) is 0 Å². The number of likely N-dealkylation sites (tertiary alicyclic amines) is 1. The van der Waals surface area contributed by atoms with Gasteiger partial charge in [-0.3, -0.25) is 4.79 Å². The molecule has 1 aliphatic carbocycles. The largest absolute Gasteiger partial charge is 0.392 e. The third kappa shape index (κ3) is 1.63. The Hall–Kier alpha value is -0.640. The molecule has 4 heteroatoms. The van der Waals surface area contributed by atoms with Crippen LogP contribution in [0.2, 0.25) is 0 Å². The molecule has 2 aliphatic rings. The van der Waals surface area contributed by atoms with E-state index in [4.69, 9.17) is 18.0 Å². The fourth-order valence-corrected chi connectivity index (χ4v) is 3.37. The predicted octanol–water partition coefficient (Wildman–Crippen LogP) is 1.70. The summed E-state index contributed by atoms with van der Waals surface area (Å²) in [5, 5.41) is 0. The van der Waals surface area contributed by atoms with Gasteiger partial charge in [0.15, 0.2) is 0 Å². The highest BCUT2D eigenvalue weighted by atomic mass is 32.1. The van der Waals surface area contributed by atoms with E-state index < -0.39 is 5.41 Å². The Morgan fingerprint density at radius 3 is 2.44 bits per heavy atom. The lowest BCUT2D eigenvalue weighted by Crippen LogP contribution is -2.57. The molecular formula is C12H20N2OS. The van der Waals surface area contributed by atoms with Crippen molar-refractivity contribution in [1.82, 2.24) is 4.90 Å². The Morgan fingerprint density at radius 1 is 1.44 bits per heavy atom. The molecule has 0 aromatic rings. The minimum Gasteiger partial charge on any atom is -0.392 e. The number of carbonyl (C=O) groups is 1. The molecule has 2 fully saturated rings. The maximum atomic E-state index is 12.5. The summed E-state index contributed by atoms with van der Waals surface area (Å²) in [6.07, 6.45) is 3.89. The summed E-state index contributed by atoms with van der Waals surface area (Å²) in [7, 11) is 0. The fraction of sp³-hybridized carbons (Fsp3) is 0.833. The molecule has 1 saturated carbocycles. The number of hydrogen-bond acceptors (Lipinski definition) is 2. The van der Waals surface area contributed by atoms with Crippen LogP contribution in [0.5, 0.6) is 0 Å². The SMILES string of the molecule is CC1CC(C(=O)N2CCCC2C)(C(N)=S)C1. The molecule has 1 saturated heterocycles. The summed E-state index contributed by atoms with van der Waals surface area (Å²) in [5.74, 6) is 0.756. The van der Waals surface area contributed by atoms with Gasteiger partial charge in [0, 0.05) is 12.6 Å². The van der Waals surface area contributed by atoms with Crippen molar-refractivity contribution >= 4 is 23.1 Å². The van der Waals surface area contributed by atoms with Crippen molar-refractivity contribution in [3.63, 3.8) is 0 Å². The Kier molecular flexibility index (Phi) is 2.95. The molecule has 0 aromatic heterocycles. The first-order chi connectivity index (χ1) is 7.47. The van der Waals surface area contributed by atoms with Crippen LogP contribution in [0.1, 0.15) is 39.5 Å². The average Bonchev–Trinajstić information content (AvgIpc) is 2.57. The van der Waals surface area contributed by atoms with Crippen LogP contribution in [-0.4, -0.2) is 28.4 Å². The maximum Gasteiger partial charge on any atom is 0.235 e. The highest BCUT2D eigenvalue weighted by molar-refractivity contribution is 7.80. The normalized spacial score (nSPS) is 38.2. The second-order valence-corrected chi connectivity index (χ2v) is 5.89. The Balaban J connectivity index is 2.16. The van der Waals surface area contributed by atoms with Crippen LogP contribution in [0, 0.1) is 11.3 Å². The number of nitrogens with two attached hydrogens (primary N) is 1. The summed E-state index contributed by atoms with van der Waals surface area (Å²) < 4.78 is 0. The number of nitrogens with zero attached hydrogens (tertiary/aromatic N) is 1. The molecular weight excluding hydrogens is 220 g/mol. The number of hydrogen-bond donors (Lipinski definition) is 1. The number of thiocarbonyl (C=S) groups is 1. The van der Waals surface area contributed by atoms with Gasteiger partial charge in [0.2, 0.25) is 5.91 Å². The van der Waals surface area contributed by atoms with E-state index in [0.717, 1.165) is 32.2 Å². The van der Waals surface area contributed by atoms with Gasteiger partial charge >= 0.3 is 0 Å². The second-order valence-electron chi connectivity index (χ2n) is 5.45. The van der Waals surface area contributed by atoms with Gasteiger partial charge in [0.05, 0.1) is 10.4 Å². The molecule has 16 heavy (non-hydrogen) atoms. The van der Waals surface area contributed by atoms with Gasteiger partial charge in [0.1, 0.15) is 0 Å². The van der Waals surface area contributed by atoms with Crippen molar-refractivity contribution in [2.24, 2.45) is 17.1 Å². The van der Waals surface area contributed by atoms with Crippen LogP contribution < -0.4 is 5.73 Å². The van der Waals surface area contributed by atoms with Gasteiger partial charge in [-0.2, -0.15) is 0 Å². The first-order valence-corrected chi connectivity index (χ1v) is 6.49. The van der Waals surface area contributed by atoms with Crippen LogP contribution in [0.4, 0.5) is 0 Å². The average molecular weight is 240 g/mol. The third-order valence-corrected chi connectivity index (χ3v) is 4.48. The monoisotopic (exact) mass is 240 g/mol. The Morgan fingerprint density at radius 2 is 2.06 bits per heavy atom. The minimum absolute atomic E-state index is 0.183. The molecule has 0 radical (unpaired) electrons. The van der Waals surface area contributed by atoms with Crippen LogP contribution in [-0.2, 0) is 4.79 Å². The molecule has 3 nitrogen and oxygen atoms in total. The molecule has 1 unspecified atom stereocenters. The lowest BCUT2D eigenvalue weighted by Gasteiger charge is -2.46. The van der Waals surface area contributed by atoms with Gasteiger partial charge in [-0.1, -0.05) is 19.1 Å².